The van der Waals surface area contributed by atoms with Crippen LogP contribution in [0.4, 0.5) is 0 Å². The largest absolute Gasteiger partial charge is 0.389 e. The maximum atomic E-state index is 9.85. The van der Waals surface area contributed by atoms with Gasteiger partial charge < -0.3 is 20.1 Å². The van der Waals surface area contributed by atoms with Crippen molar-refractivity contribution in [3.05, 3.63) is 0 Å². The third-order valence-electron chi connectivity index (χ3n) is 3.37. The molecule has 0 radical (unpaired) electrons. The van der Waals surface area contributed by atoms with Gasteiger partial charge in [-0.05, 0) is 46.2 Å². The molecule has 1 saturated heterocycles. The van der Waals surface area contributed by atoms with Crippen LogP contribution >= 0.6 is 0 Å². The average molecular weight is 244 g/mol. The molecule has 0 saturated carbocycles. The van der Waals surface area contributed by atoms with Crippen LogP contribution in [0.1, 0.15) is 26.7 Å². The summed E-state index contributed by atoms with van der Waals surface area (Å²) in [7, 11) is 4.10. The fraction of sp³-hybridized carbons (Fsp3) is 1.00. The predicted octanol–water partition coefficient (Wildman–Crippen LogP) is 0.705. The Hall–Kier alpha value is -0.160. The van der Waals surface area contributed by atoms with E-state index in [1.807, 2.05) is 20.9 Å². The Bertz CT molecular complexity index is 214. The van der Waals surface area contributed by atoms with Gasteiger partial charge in [-0.25, -0.2) is 0 Å². The van der Waals surface area contributed by atoms with Crippen molar-refractivity contribution in [1.29, 1.82) is 0 Å². The average Bonchev–Trinajstić information content (AvgIpc) is 2.15. The highest BCUT2D eigenvalue weighted by Gasteiger charge is 2.33. The summed E-state index contributed by atoms with van der Waals surface area (Å²) in [4.78, 5) is 2.24. The number of rotatable bonds is 6. The summed E-state index contributed by atoms with van der Waals surface area (Å²) in [5.74, 6) is 0. The number of hydrogen-bond donors (Lipinski definition) is 2. The summed E-state index contributed by atoms with van der Waals surface area (Å²) in [6, 6.07) is 0. The summed E-state index contributed by atoms with van der Waals surface area (Å²) in [6.07, 6.45) is 2.20. The number of ether oxygens (including phenoxy) is 1. The van der Waals surface area contributed by atoms with E-state index in [9.17, 15) is 5.11 Å². The topological polar surface area (TPSA) is 44.7 Å². The van der Waals surface area contributed by atoms with E-state index in [1.165, 1.54) is 0 Å². The third kappa shape index (κ3) is 5.34. The standard InChI is InChI=1S/C13H28N2O2/c1-12(2,16)10-15(4)11-13(9-14-3)5-7-17-8-6-13/h14,16H,5-11H2,1-4H3. The lowest BCUT2D eigenvalue weighted by molar-refractivity contribution is -0.0165. The van der Waals surface area contributed by atoms with Crippen LogP contribution in [0.3, 0.4) is 0 Å². The van der Waals surface area contributed by atoms with Crippen molar-refractivity contribution in [3.8, 4) is 0 Å². The van der Waals surface area contributed by atoms with Gasteiger partial charge in [0, 0.05) is 32.8 Å². The first kappa shape index (κ1) is 14.9. The van der Waals surface area contributed by atoms with Crippen molar-refractivity contribution in [2.75, 3.05) is 46.9 Å². The minimum atomic E-state index is -0.624. The zero-order valence-electron chi connectivity index (χ0n) is 11.8. The van der Waals surface area contributed by atoms with Gasteiger partial charge in [-0.3, -0.25) is 0 Å². The van der Waals surface area contributed by atoms with Gasteiger partial charge in [-0.15, -0.1) is 0 Å². The SMILES string of the molecule is CNCC1(CN(C)CC(C)(C)O)CCOCC1. The molecule has 102 valence electrons. The molecule has 1 fully saturated rings. The highest BCUT2D eigenvalue weighted by molar-refractivity contribution is 4.87. The van der Waals surface area contributed by atoms with Gasteiger partial charge >= 0.3 is 0 Å². The van der Waals surface area contributed by atoms with Gasteiger partial charge in [-0.2, -0.15) is 0 Å². The van der Waals surface area contributed by atoms with E-state index >= 15 is 0 Å². The van der Waals surface area contributed by atoms with Crippen LogP contribution in [0.25, 0.3) is 0 Å². The highest BCUT2D eigenvalue weighted by Crippen LogP contribution is 2.30. The Morgan fingerprint density at radius 1 is 1.35 bits per heavy atom. The molecule has 1 aliphatic heterocycles. The summed E-state index contributed by atoms with van der Waals surface area (Å²) in [6.45, 7) is 8.18. The van der Waals surface area contributed by atoms with Crippen LogP contribution in [0, 0.1) is 5.41 Å². The number of likely N-dealkylation sites (N-methyl/N-ethyl adjacent to an activating group) is 1. The summed E-state index contributed by atoms with van der Waals surface area (Å²) in [5.41, 5.74) is -0.326. The smallest absolute Gasteiger partial charge is 0.0718 e. The van der Waals surface area contributed by atoms with Crippen molar-refractivity contribution in [2.45, 2.75) is 32.3 Å². The Kier molecular flexibility index (Phi) is 5.38. The second-order valence-corrected chi connectivity index (χ2v) is 6.13. The molecule has 0 amide bonds. The molecule has 0 aromatic carbocycles. The minimum Gasteiger partial charge on any atom is -0.389 e. The van der Waals surface area contributed by atoms with Gasteiger partial charge in [0.2, 0.25) is 0 Å². The van der Waals surface area contributed by atoms with Gasteiger partial charge in [0.15, 0.2) is 0 Å². The zero-order valence-corrected chi connectivity index (χ0v) is 11.8. The lowest BCUT2D eigenvalue weighted by Crippen LogP contribution is -2.48. The van der Waals surface area contributed by atoms with Gasteiger partial charge in [-0.1, -0.05) is 0 Å². The molecule has 0 atom stereocenters. The Morgan fingerprint density at radius 3 is 2.41 bits per heavy atom. The maximum Gasteiger partial charge on any atom is 0.0718 e. The molecule has 0 spiro atoms. The van der Waals surface area contributed by atoms with Crippen molar-refractivity contribution in [3.63, 3.8) is 0 Å². The van der Waals surface area contributed by atoms with E-state index in [1.54, 1.807) is 0 Å². The summed E-state index contributed by atoms with van der Waals surface area (Å²) < 4.78 is 5.46. The molecule has 2 N–H and O–H groups in total. The van der Waals surface area contributed by atoms with Crippen molar-refractivity contribution in [1.82, 2.24) is 10.2 Å². The van der Waals surface area contributed by atoms with Crippen molar-refractivity contribution >= 4 is 0 Å². The Morgan fingerprint density at radius 2 is 1.94 bits per heavy atom. The minimum absolute atomic E-state index is 0.299. The lowest BCUT2D eigenvalue weighted by atomic mass is 9.79. The summed E-state index contributed by atoms with van der Waals surface area (Å²) in [5, 5.41) is 13.2. The number of hydrogen-bond acceptors (Lipinski definition) is 4. The van der Waals surface area contributed by atoms with Crippen LogP contribution in [-0.2, 0) is 4.74 Å². The molecule has 4 nitrogen and oxygen atoms in total. The number of nitrogens with zero attached hydrogens (tertiary/aromatic N) is 1. The quantitative estimate of drug-likeness (QED) is 0.722. The molecule has 0 aromatic rings. The molecule has 0 unspecified atom stereocenters. The monoisotopic (exact) mass is 244 g/mol. The number of nitrogens with one attached hydrogen (secondary N) is 1. The van der Waals surface area contributed by atoms with E-state index in [2.05, 4.69) is 17.3 Å². The molecular weight excluding hydrogens is 216 g/mol. The van der Waals surface area contributed by atoms with E-state index in [0.717, 1.165) is 39.1 Å². The number of aliphatic hydroxyl groups is 1. The van der Waals surface area contributed by atoms with Crippen LogP contribution < -0.4 is 5.32 Å². The van der Waals surface area contributed by atoms with Crippen LogP contribution in [-0.4, -0.2) is 62.6 Å². The maximum absolute atomic E-state index is 9.85. The van der Waals surface area contributed by atoms with E-state index in [-0.39, 0.29) is 0 Å². The molecule has 0 bridgehead atoms. The van der Waals surface area contributed by atoms with E-state index in [0.29, 0.717) is 12.0 Å². The third-order valence-corrected chi connectivity index (χ3v) is 3.37. The van der Waals surface area contributed by atoms with Crippen molar-refractivity contribution in [2.24, 2.45) is 5.41 Å². The van der Waals surface area contributed by atoms with Crippen LogP contribution in [0.2, 0.25) is 0 Å². The highest BCUT2D eigenvalue weighted by atomic mass is 16.5. The molecule has 17 heavy (non-hydrogen) atoms. The molecular formula is C13H28N2O2. The normalized spacial score (nSPS) is 20.8. The van der Waals surface area contributed by atoms with E-state index < -0.39 is 5.60 Å². The van der Waals surface area contributed by atoms with Crippen molar-refractivity contribution < 1.29 is 9.84 Å². The first-order valence-electron chi connectivity index (χ1n) is 6.50. The van der Waals surface area contributed by atoms with Gasteiger partial charge in [0.1, 0.15) is 0 Å². The molecule has 1 rings (SSSR count). The van der Waals surface area contributed by atoms with E-state index in [4.69, 9.17) is 4.74 Å². The van der Waals surface area contributed by atoms with Gasteiger partial charge in [0.05, 0.1) is 5.60 Å². The molecule has 1 aliphatic rings. The molecule has 1 heterocycles. The first-order chi connectivity index (χ1) is 7.87. The fourth-order valence-electron chi connectivity index (χ4n) is 2.86. The fourth-order valence-corrected chi connectivity index (χ4v) is 2.86. The Labute approximate surface area is 105 Å². The molecule has 0 aliphatic carbocycles. The van der Waals surface area contributed by atoms with Crippen LogP contribution in [0.5, 0.6) is 0 Å². The second kappa shape index (κ2) is 6.14. The predicted molar refractivity (Wildman–Crippen MR) is 70.2 cm³/mol. The summed E-state index contributed by atoms with van der Waals surface area (Å²) >= 11 is 0. The molecule has 4 heteroatoms. The van der Waals surface area contributed by atoms with Gasteiger partial charge in [0.25, 0.3) is 0 Å². The second-order valence-electron chi connectivity index (χ2n) is 6.13. The Balaban J connectivity index is 2.53. The zero-order chi connectivity index (χ0) is 12.9. The molecule has 0 aromatic heterocycles. The van der Waals surface area contributed by atoms with Crippen LogP contribution in [0.15, 0.2) is 0 Å². The first-order valence-corrected chi connectivity index (χ1v) is 6.50. The lowest BCUT2D eigenvalue weighted by Gasteiger charge is -2.41.